The van der Waals surface area contributed by atoms with E-state index in [0.717, 1.165) is 12.1 Å². The highest BCUT2D eigenvalue weighted by atomic mass is 15.0. The molecule has 74 valence electrons. The van der Waals surface area contributed by atoms with E-state index in [-0.39, 0.29) is 0 Å². The number of hydrogen-bond acceptors (Lipinski definition) is 2. The van der Waals surface area contributed by atoms with Crippen LogP contribution in [-0.4, -0.2) is 9.55 Å². The van der Waals surface area contributed by atoms with E-state index in [1.54, 1.807) is 12.5 Å². The van der Waals surface area contributed by atoms with Crippen LogP contribution in [0, 0.1) is 11.3 Å². The number of imidazole rings is 1. The van der Waals surface area contributed by atoms with Crippen LogP contribution in [0.15, 0.2) is 36.8 Å². The Hall–Kier alpha value is -2.08. The third kappa shape index (κ3) is 1.89. The summed E-state index contributed by atoms with van der Waals surface area (Å²) in [7, 11) is 0. The number of aromatic nitrogens is 2. The smallest absolute Gasteiger partial charge is 0.158 e. The highest BCUT2D eigenvalue weighted by Crippen LogP contribution is 2.10. The van der Waals surface area contributed by atoms with Crippen LogP contribution >= 0.6 is 0 Å². The maximum atomic E-state index is 8.65. The molecule has 0 aliphatic carbocycles. The summed E-state index contributed by atoms with van der Waals surface area (Å²) in [5.74, 6) is 0. The van der Waals surface area contributed by atoms with E-state index < -0.39 is 0 Å². The molecule has 2 aromatic rings. The Labute approximate surface area is 88.6 Å². The zero-order valence-corrected chi connectivity index (χ0v) is 8.51. The molecule has 2 rings (SSSR count). The van der Waals surface area contributed by atoms with Gasteiger partial charge in [-0.2, -0.15) is 5.26 Å². The molecule has 0 unspecified atom stereocenters. The van der Waals surface area contributed by atoms with Crippen molar-refractivity contribution in [2.24, 2.45) is 0 Å². The number of nitrogens with zero attached hydrogens (tertiary/aromatic N) is 3. The molecule has 15 heavy (non-hydrogen) atoms. The number of hydrogen-bond donors (Lipinski definition) is 0. The summed E-state index contributed by atoms with van der Waals surface area (Å²) in [6.07, 6.45) is 4.41. The topological polar surface area (TPSA) is 41.6 Å². The first kappa shape index (κ1) is 9.47. The zero-order chi connectivity index (χ0) is 10.7. The minimum atomic E-state index is 0.439. The summed E-state index contributed by atoms with van der Waals surface area (Å²) in [4.78, 5) is 3.96. The molecule has 0 atom stereocenters. The van der Waals surface area contributed by atoms with Crippen molar-refractivity contribution >= 4 is 0 Å². The van der Waals surface area contributed by atoms with Crippen molar-refractivity contribution in [1.82, 2.24) is 9.55 Å². The van der Waals surface area contributed by atoms with Crippen LogP contribution in [0.4, 0.5) is 0 Å². The van der Waals surface area contributed by atoms with E-state index in [2.05, 4.69) is 24.0 Å². The Kier molecular flexibility index (Phi) is 2.51. The van der Waals surface area contributed by atoms with Gasteiger partial charge < -0.3 is 4.57 Å². The molecule has 3 nitrogen and oxygen atoms in total. The third-order valence-corrected chi connectivity index (χ3v) is 2.34. The third-order valence-electron chi connectivity index (χ3n) is 2.34. The molecule has 1 aromatic heterocycles. The molecular formula is C12H11N3. The fourth-order valence-corrected chi connectivity index (χ4v) is 1.43. The predicted molar refractivity (Wildman–Crippen MR) is 57.7 cm³/mol. The lowest BCUT2D eigenvalue weighted by atomic mass is 10.1. The van der Waals surface area contributed by atoms with Crippen LogP contribution in [0.2, 0.25) is 0 Å². The van der Waals surface area contributed by atoms with E-state index >= 15 is 0 Å². The molecular weight excluding hydrogens is 186 g/mol. The first-order valence-corrected chi connectivity index (χ1v) is 4.87. The van der Waals surface area contributed by atoms with E-state index in [0.29, 0.717) is 5.69 Å². The van der Waals surface area contributed by atoms with Crippen molar-refractivity contribution in [3.63, 3.8) is 0 Å². The molecule has 0 aliphatic heterocycles. The molecule has 0 fully saturated rings. The van der Waals surface area contributed by atoms with Crippen molar-refractivity contribution in [3.8, 4) is 11.8 Å². The van der Waals surface area contributed by atoms with Gasteiger partial charge in [-0.1, -0.05) is 19.1 Å². The lowest BCUT2D eigenvalue weighted by molar-refractivity contribution is 1.05. The quantitative estimate of drug-likeness (QED) is 0.741. The Morgan fingerprint density at radius 3 is 2.60 bits per heavy atom. The minimum Gasteiger partial charge on any atom is -0.305 e. The lowest BCUT2D eigenvalue weighted by Gasteiger charge is -2.02. The number of rotatable bonds is 2. The van der Waals surface area contributed by atoms with Crippen LogP contribution in [-0.2, 0) is 6.42 Å². The molecule has 3 heteroatoms. The largest absolute Gasteiger partial charge is 0.305 e. The van der Waals surface area contributed by atoms with E-state index in [9.17, 15) is 0 Å². The first-order chi connectivity index (χ1) is 7.33. The summed E-state index contributed by atoms with van der Waals surface area (Å²) in [6, 6.07) is 10.2. The summed E-state index contributed by atoms with van der Waals surface area (Å²) < 4.78 is 1.85. The summed E-state index contributed by atoms with van der Waals surface area (Å²) in [6.45, 7) is 2.13. The molecule has 0 radical (unpaired) electrons. The standard InChI is InChI=1S/C12H11N3/c1-2-10-3-5-12(6-4-10)15-8-11(7-13)14-9-15/h3-6,8-9H,2H2,1H3. The Balaban J connectivity index is 2.33. The highest BCUT2D eigenvalue weighted by Gasteiger charge is 1.99. The van der Waals surface area contributed by atoms with Gasteiger partial charge in [0.25, 0.3) is 0 Å². The highest BCUT2D eigenvalue weighted by molar-refractivity contribution is 5.36. The van der Waals surface area contributed by atoms with Crippen LogP contribution in [0.25, 0.3) is 5.69 Å². The fourth-order valence-electron chi connectivity index (χ4n) is 1.43. The maximum absolute atomic E-state index is 8.65. The van der Waals surface area contributed by atoms with Gasteiger partial charge in [0.2, 0.25) is 0 Å². The number of benzene rings is 1. The monoisotopic (exact) mass is 197 g/mol. The molecule has 0 spiro atoms. The van der Waals surface area contributed by atoms with Crippen molar-refractivity contribution in [3.05, 3.63) is 48.0 Å². The van der Waals surface area contributed by atoms with Crippen LogP contribution in [0.5, 0.6) is 0 Å². The van der Waals surface area contributed by atoms with Gasteiger partial charge in [0, 0.05) is 11.9 Å². The maximum Gasteiger partial charge on any atom is 0.158 e. The first-order valence-electron chi connectivity index (χ1n) is 4.87. The van der Waals surface area contributed by atoms with Gasteiger partial charge in [0.1, 0.15) is 12.4 Å². The summed E-state index contributed by atoms with van der Waals surface area (Å²) >= 11 is 0. The lowest BCUT2D eigenvalue weighted by Crippen LogP contribution is -1.90. The molecule has 0 N–H and O–H groups in total. The molecule has 1 aromatic carbocycles. The second-order valence-corrected chi connectivity index (χ2v) is 3.30. The van der Waals surface area contributed by atoms with Crippen molar-refractivity contribution in [2.45, 2.75) is 13.3 Å². The second kappa shape index (κ2) is 3.97. The van der Waals surface area contributed by atoms with E-state index in [1.807, 2.05) is 22.8 Å². The van der Waals surface area contributed by atoms with Crippen molar-refractivity contribution < 1.29 is 0 Å². The predicted octanol–water partition coefficient (Wildman–Crippen LogP) is 2.31. The van der Waals surface area contributed by atoms with Gasteiger partial charge in [-0.25, -0.2) is 4.98 Å². The second-order valence-electron chi connectivity index (χ2n) is 3.30. The minimum absolute atomic E-state index is 0.439. The van der Waals surface area contributed by atoms with Gasteiger partial charge in [-0.15, -0.1) is 0 Å². The van der Waals surface area contributed by atoms with Gasteiger partial charge in [-0.05, 0) is 24.1 Å². The molecule has 0 amide bonds. The van der Waals surface area contributed by atoms with Gasteiger partial charge >= 0.3 is 0 Å². The Bertz CT molecular complexity index is 488. The number of aryl methyl sites for hydroxylation is 1. The molecule has 0 aliphatic rings. The van der Waals surface area contributed by atoms with Gasteiger partial charge in [-0.3, -0.25) is 0 Å². The molecule has 1 heterocycles. The average Bonchev–Trinajstić information content (AvgIpc) is 2.78. The molecule has 0 bridgehead atoms. The Morgan fingerprint density at radius 1 is 1.33 bits per heavy atom. The fraction of sp³-hybridized carbons (Fsp3) is 0.167. The van der Waals surface area contributed by atoms with Crippen molar-refractivity contribution in [1.29, 1.82) is 5.26 Å². The van der Waals surface area contributed by atoms with Crippen LogP contribution in [0.3, 0.4) is 0 Å². The van der Waals surface area contributed by atoms with Crippen LogP contribution < -0.4 is 0 Å². The number of nitriles is 1. The molecule has 0 saturated carbocycles. The molecule has 0 saturated heterocycles. The summed E-state index contributed by atoms with van der Waals surface area (Å²) in [5, 5.41) is 8.65. The van der Waals surface area contributed by atoms with E-state index in [1.165, 1.54) is 5.56 Å². The summed E-state index contributed by atoms with van der Waals surface area (Å²) in [5.41, 5.74) is 2.77. The normalized spacial score (nSPS) is 9.87. The van der Waals surface area contributed by atoms with Crippen molar-refractivity contribution in [2.75, 3.05) is 0 Å². The SMILES string of the molecule is CCc1ccc(-n2cnc(C#N)c2)cc1. The average molecular weight is 197 g/mol. The van der Waals surface area contributed by atoms with Crippen LogP contribution in [0.1, 0.15) is 18.2 Å². The van der Waals surface area contributed by atoms with E-state index in [4.69, 9.17) is 5.26 Å². The zero-order valence-electron chi connectivity index (χ0n) is 8.51. The van der Waals surface area contributed by atoms with Gasteiger partial charge in [0.15, 0.2) is 5.69 Å². The Morgan fingerprint density at radius 2 is 2.07 bits per heavy atom. The van der Waals surface area contributed by atoms with Gasteiger partial charge in [0.05, 0.1) is 0 Å².